The highest BCUT2D eigenvalue weighted by molar-refractivity contribution is 5.66. The molecular weight excluding hydrogens is 279 g/mol. The molecule has 1 saturated carbocycles. The molecular formula is C16H20F3NO. The Morgan fingerprint density at radius 3 is 2.62 bits per heavy atom. The average Bonchev–Trinajstić information content (AvgIpc) is 2.83. The summed E-state index contributed by atoms with van der Waals surface area (Å²) in [5.74, 6) is 0.912. The predicted octanol–water partition coefficient (Wildman–Crippen LogP) is 5.06. The molecule has 1 heterocycles. The minimum Gasteiger partial charge on any atom is -0.404 e. The van der Waals surface area contributed by atoms with Crippen molar-refractivity contribution in [1.82, 2.24) is 0 Å². The Morgan fingerprint density at radius 1 is 1.14 bits per heavy atom. The van der Waals surface area contributed by atoms with E-state index in [9.17, 15) is 13.2 Å². The summed E-state index contributed by atoms with van der Waals surface area (Å²) in [6.07, 6.45) is 2.83. The van der Waals surface area contributed by atoms with Gasteiger partial charge >= 0.3 is 6.36 Å². The monoisotopic (exact) mass is 299 g/mol. The standard InChI is InChI=1S/C16H20F3NO/c17-16(18,19)21-14-8-4-7-13-12(10-20-15(13)14)9-11-5-2-1-3-6-11/h4,7-8,11-12,20H,1-3,5-6,9-10H2. The van der Waals surface area contributed by atoms with Crippen molar-refractivity contribution in [2.75, 3.05) is 11.9 Å². The Hall–Kier alpha value is -1.39. The summed E-state index contributed by atoms with van der Waals surface area (Å²) in [6.45, 7) is 0.712. The zero-order chi connectivity index (χ0) is 14.9. The minimum atomic E-state index is -4.64. The van der Waals surface area contributed by atoms with Gasteiger partial charge in [-0.3, -0.25) is 0 Å². The van der Waals surface area contributed by atoms with Crippen LogP contribution in [0.25, 0.3) is 0 Å². The van der Waals surface area contributed by atoms with Crippen molar-refractivity contribution in [2.45, 2.75) is 50.8 Å². The average molecular weight is 299 g/mol. The number of hydrogen-bond acceptors (Lipinski definition) is 2. The van der Waals surface area contributed by atoms with E-state index in [4.69, 9.17) is 0 Å². The number of halogens is 3. The number of hydrogen-bond donors (Lipinski definition) is 1. The Kier molecular flexibility index (Phi) is 4.00. The smallest absolute Gasteiger partial charge is 0.404 e. The summed E-state index contributed by atoms with van der Waals surface area (Å²) in [5, 5.41) is 3.11. The van der Waals surface area contributed by atoms with Gasteiger partial charge in [0.05, 0.1) is 5.69 Å². The van der Waals surface area contributed by atoms with Gasteiger partial charge in [0.2, 0.25) is 0 Å². The topological polar surface area (TPSA) is 21.3 Å². The molecule has 1 fully saturated rings. The molecule has 1 unspecified atom stereocenters. The second-order valence-corrected chi connectivity index (χ2v) is 6.09. The lowest BCUT2D eigenvalue weighted by molar-refractivity contribution is -0.274. The SMILES string of the molecule is FC(F)(F)Oc1cccc2c1NCC2CC1CCCCC1. The van der Waals surface area contributed by atoms with Gasteiger partial charge in [0.15, 0.2) is 5.75 Å². The third-order valence-corrected chi connectivity index (χ3v) is 4.59. The molecule has 0 radical (unpaired) electrons. The molecule has 1 N–H and O–H groups in total. The first-order valence-corrected chi connectivity index (χ1v) is 7.65. The fraction of sp³-hybridized carbons (Fsp3) is 0.625. The molecule has 2 aliphatic rings. The molecule has 1 aliphatic carbocycles. The van der Waals surface area contributed by atoms with Gasteiger partial charge in [-0.15, -0.1) is 13.2 Å². The van der Waals surface area contributed by atoms with E-state index in [0.717, 1.165) is 12.0 Å². The van der Waals surface area contributed by atoms with Gasteiger partial charge in [-0.05, 0) is 24.0 Å². The van der Waals surface area contributed by atoms with Crippen molar-refractivity contribution < 1.29 is 17.9 Å². The van der Waals surface area contributed by atoms with Gasteiger partial charge in [0.25, 0.3) is 0 Å². The molecule has 3 rings (SSSR count). The quantitative estimate of drug-likeness (QED) is 0.842. The molecule has 0 bridgehead atoms. The number of para-hydroxylation sites is 1. The number of rotatable bonds is 3. The van der Waals surface area contributed by atoms with Crippen LogP contribution in [-0.4, -0.2) is 12.9 Å². The Bertz CT molecular complexity index is 495. The molecule has 21 heavy (non-hydrogen) atoms. The normalized spacial score (nSPS) is 22.7. The van der Waals surface area contributed by atoms with E-state index in [-0.39, 0.29) is 5.75 Å². The lowest BCUT2D eigenvalue weighted by Crippen LogP contribution is -2.17. The van der Waals surface area contributed by atoms with Gasteiger partial charge in [-0.2, -0.15) is 0 Å². The van der Waals surface area contributed by atoms with Crippen LogP contribution in [0, 0.1) is 5.92 Å². The van der Waals surface area contributed by atoms with Crippen molar-refractivity contribution in [3.8, 4) is 5.75 Å². The van der Waals surface area contributed by atoms with Crippen LogP contribution < -0.4 is 10.1 Å². The van der Waals surface area contributed by atoms with Crippen molar-refractivity contribution in [3.05, 3.63) is 23.8 Å². The van der Waals surface area contributed by atoms with E-state index in [1.807, 2.05) is 6.07 Å². The number of alkyl halides is 3. The Balaban J connectivity index is 1.74. The van der Waals surface area contributed by atoms with Crippen LogP contribution in [0.2, 0.25) is 0 Å². The number of fused-ring (bicyclic) bond motifs is 1. The van der Waals surface area contributed by atoms with E-state index in [0.29, 0.717) is 24.1 Å². The molecule has 1 aromatic carbocycles. The number of anilines is 1. The largest absolute Gasteiger partial charge is 0.573 e. The molecule has 0 amide bonds. The number of nitrogens with one attached hydrogen (secondary N) is 1. The first kappa shape index (κ1) is 14.5. The third-order valence-electron chi connectivity index (χ3n) is 4.59. The molecule has 1 aliphatic heterocycles. The molecule has 116 valence electrons. The first-order chi connectivity index (χ1) is 10.0. The van der Waals surface area contributed by atoms with E-state index in [1.54, 1.807) is 6.07 Å². The molecule has 0 aromatic heterocycles. The molecule has 5 heteroatoms. The van der Waals surface area contributed by atoms with E-state index >= 15 is 0 Å². The van der Waals surface area contributed by atoms with Crippen LogP contribution in [0.1, 0.15) is 50.0 Å². The van der Waals surface area contributed by atoms with Crippen LogP contribution in [0.4, 0.5) is 18.9 Å². The summed E-state index contributed by atoms with van der Waals surface area (Å²) in [5.41, 5.74) is 1.50. The van der Waals surface area contributed by atoms with Crippen LogP contribution in [0.15, 0.2) is 18.2 Å². The summed E-state index contributed by atoms with van der Waals surface area (Å²) in [7, 11) is 0. The summed E-state index contributed by atoms with van der Waals surface area (Å²) < 4.78 is 41.4. The maximum absolute atomic E-state index is 12.4. The van der Waals surface area contributed by atoms with E-state index in [2.05, 4.69) is 10.1 Å². The minimum absolute atomic E-state index is 0.105. The molecule has 2 nitrogen and oxygen atoms in total. The van der Waals surface area contributed by atoms with Gasteiger partial charge in [-0.1, -0.05) is 44.2 Å². The fourth-order valence-electron chi connectivity index (χ4n) is 3.66. The van der Waals surface area contributed by atoms with Crippen molar-refractivity contribution >= 4 is 5.69 Å². The van der Waals surface area contributed by atoms with Crippen molar-refractivity contribution in [1.29, 1.82) is 0 Å². The highest BCUT2D eigenvalue weighted by Gasteiger charge is 2.35. The van der Waals surface area contributed by atoms with Crippen molar-refractivity contribution in [2.24, 2.45) is 5.92 Å². The van der Waals surface area contributed by atoms with E-state index < -0.39 is 6.36 Å². The van der Waals surface area contributed by atoms with E-state index in [1.165, 1.54) is 38.2 Å². The van der Waals surface area contributed by atoms with Crippen LogP contribution >= 0.6 is 0 Å². The molecule has 0 spiro atoms. The highest BCUT2D eigenvalue weighted by Crippen LogP contribution is 2.44. The van der Waals surface area contributed by atoms with Gasteiger partial charge in [0, 0.05) is 12.5 Å². The Labute approximate surface area is 122 Å². The van der Waals surface area contributed by atoms with Crippen molar-refractivity contribution in [3.63, 3.8) is 0 Å². The predicted molar refractivity (Wildman–Crippen MR) is 75.5 cm³/mol. The number of benzene rings is 1. The molecule has 0 saturated heterocycles. The first-order valence-electron chi connectivity index (χ1n) is 7.65. The second kappa shape index (κ2) is 5.78. The van der Waals surface area contributed by atoms with Gasteiger partial charge in [-0.25, -0.2) is 0 Å². The highest BCUT2D eigenvalue weighted by atomic mass is 19.4. The second-order valence-electron chi connectivity index (χ2n) is 6.09. The van der Waals surface area contributed by atoms with Gasteiger partial charge in [0.1, 0.15) is 0 Å². The lowest BCUT2D eigenvalue weighted by atomic mass is 9.81. The summed E-state index contributed by atoms with van der Waals surface area (Å²) in [6, 6.07) is 4.95. The molecule has 1 atom stereocenters. The maximum Gasteiger partial charge on any atom is 0.573 e. The number of ether oxygens (including phenoxy) is 1. The molecule has 1 aromatic rings. The zero-order valence-corrected chi connectivity index (χ0v) is 11.9. The lowest BCUT2D eigenvalue weighted by Gasteiger charge is -2.24. The van der Waals surface area contributed by atoms with Gasteiger partial charge < -0.3 is 10.1 Å². The third kappa shape index (κ3) is 3.44. The van der Waals surface area contributed by atoms with Crippen LogP contribution in [0.5, 0.6) is 5.75 Å². The zero-order valence-electron chi connectivity index (χ0n) is 11.9. The summed E-state index contributed by atoms with van der Waals surface area (Å²) >= 11 is 0. The summed E-state index contributed by atoms with van der Waals surface area (Å²) in [4.78, 5) is 0. The maximum atomic E-state index is 12.4. The fourth-order valence-corrected chi connectivity index (χ4v) is 3.66. The Morgan fingerprint density at radius 2 is 1.90 bits per heavy atom. The van der Waals surface area contributed by atoms with Crippen LogP contribution in [0.3, 0.4) is 0 Å². The van der Waals surface area contributed by atoms with Crippen LogP contribution in [-0.2, 0) is 0 Å².